The Hall–Kier alpha value is 0.0300. The Morgan fingerprint density at radius 1 is 1.43 bits per heavy atom. The minimum atomic E-state index is -1.34. The molecule has 0 aromatic rings. The highest BCUT2D eigenvalue weighted by atomic mass is 32.2. The molecule has 0 saturated carbocycles. The van der Waals surface area contributed by atoms with Crippen LogP contribution in [-0.4, -0.2) is 23.8 Å². The predicted octanol–water partition coefficient (Wildman–Crippen LogP) is 0.529. The van der Waals surface area contributed by atoms with Gasteiger partial charge in [0.25, 0.3) is 0 Å². The molecule has 0 radical (unpaired) electrons. The van der Waals surface area contributed by atoms with Crippen molar-refractivity contribution in [3.63, 3.8) is 0 Å². The summed E-state index contributed by atoms with van der Waals surface area (Å²) in [6.07, 6.45) is 3.56. The maximum atomic E-state index is 10.5. The molecule has 4 nitrogen and oxygen atoms in total. The van der Waals surface area contributed by atoms with E-state index in [9.17, 15) is 4.21 Å². The van der Waals surface area contributed by atoms with Gasteiger partial charge in [-0.3, -0.25) is 0 Å². The summed E-state index contributed by atoms with van der Waals surface area (Å²) in [7, 11) is 0. The summed E-state index contributed by atoms with van der Waals surface area (Å²) in [6, 6.07) is 0. The highest BCUT2D eigenvalue weighted by Gasteiger charge is 2.11. The summed E-state index contributed by atoms with van der Waals surface area (Å²) in [5.74, 6) is 0.780. The van der Waals surface area contributed by atoms with Crippen LogP contribution in [0.4, 0.5) is 0 Å². The number of piperidine rings is 1. The molecule has 0 spiro atoms. The van der Waals surface area contributed by atoms with E-state index in [1.165, 1.54) is 12.8 Å². The van der Waals surface area contributed by atoms with Crippen molar-refractivity contribution in [3.05, 3.63) is 0 Å². The first-order chi connectivity index (χ1) is 6.79. The van der Waals surface area contributed by atoms with Crippen molar-refractivity contribution < 1.29 is 4.21 Å². The molecule has 1 saturated heterocycles. The van der Waals surface area contributed by atoms with Gasteiger partial charge in [-0.25, -0.2) is 14.1 Å². The number of rotatable bonds is 4. The Kier molecular flexibility index (Phi) is 9.60. The molecule has 1 aliphatic heterocycles. The zero-order valence-corrected chi connectivity index (χ0v) is 10.0. The van der Waals surface area contributed by atoms with Crippen LogP contribution in [-0.2, 0) is 11.2 Å². The maximum Gasteiger partial charge on any atom is 0.164 e. The first-order valence-corrected chi connectivity index (χ1v) is 6.60. The summed E-state index contributed by atoms with van der Waals surface area (Å²) in [5.41, 5.74) is 0. The van der Waals surface area contributed by atoms with Crippen LogP contribution in [0.15, 0.2) is 0 Å². The molecule has 86 valence electrons. The fourth-order valence-corrected chi connectivity index (χ4v) is 1.85. The third-order valence-electron chi connectivity index (χ3n) is 2.26. The van der Waals surface area contributed by atoms with Crippen molar-refractivity contribution in [2.24, 2.45) is 11.1 Å². The zero-order valence-electron chi connectivity index (χ0n) is 9.21. The lowest BCUT2D eigenvalue weighted by Crippen LogP contribution is -2.31. The van der Waals surface area contributed by atoms with Gasteiger partial charge in [-0.2, -0.15) is 0 Å². The first-order valence-electron chi connectivity index (χ1n) is 5.39. The fraction of sp³-hybridized carbons (Fsp3) is 1.00. The van der Waals surface area contributed by atoms with Crippen LogP contribution >= 0.6 is 0 Å². The third kappa shape index (κ3) is 7.44. The molecule has 0 amide bonds. The van der Waals surface area contributed by atoms with E-state index in [4.69, 9.17) is 5.14 Å². The Morgan fingerprint density at radius 2 is 2.00 bits per heavy atom. The Morgan fingerprint density at radius 3 is 2.50 bits per heavy atom. The molecular weight excluding hydrogens is 198 g/mol. The van der Waals surface area contributed by atoms with Crippen LogP contribution < -0.4 is 15.2 Å². The largest absolute Gasteiger partial charge is 0.317 e. The molecule has 1 atom stereocenters. The van der Waals surface area contributed by atoms with E-state index in [1.807, 2.05) is 13.8 Å². The van der Waals surface area contributed by atoms with Gasteiger partial charge in [0.05, 0.1) is 0 Å². The van der Waals surface area contributed by atoms with E-state index in [1.54, 1.807) is 0 Å². The SMILES string of the molecule is CC.NS(=O)NCCC1CCNCC1. The van der Waals surface area contributed by atoms with E-state index in [0.29, 0.717) is 0 Å². The summed E-state index contributed by atoms with van der Waals surface area (Å²) >= 11 is -1.34. The van der Waals surface area contributed by atoms with Gasteiger partial charge in [0.1, 0.15) is 0 Å². The fourth-order valence-electron chi connectivity index (χ4n) is 1.53. The van der Waals surface area contributed by atoms with E-state index in [-0.39, 0.29) is 0 Å². The summed E-state index contributed by atoms with van der Waals surface area (Å²) < 4.78 is 13.2. The molecule has 5 heteroatoms. The molecule has 1 aliphatic rings. The van der Waals surface area contributed by atoms with Gasteiger partial charge in [-0.15, -0.1) is 0 Å². The normalized spacial score (nSPS) is 19.6. The van der Waals surface area contributed by atoms with Crippen molar-refractivity contribution in [2.75, 3.05) is 19.6 Å². The number of hydrogen-bond acceptors (Lipinski definition) is 2. The minimum absolute atomic E-state index is 0.772. The predicted molar refractivity (Wildman–Crippen MR) is 61.9 cm³/mol. The second-order valence-electron chi connectivity index (χ2n) is 3.17. The van der Waals surface area contributed by atoms with Crippen LogP contribution in [0.2, 0.25) is 0 Å². The second-order valence-corrected chi connectivity index (χ2v) is 4.06. The second kappa shape index (κ2) is 9.58. The third-order valence-corrected chi connectivity index (χ3v) is 2.74. The molecule has 1 fully saturated rings. The average molecular weight is 221 g/mol. The monoisotopic (exact) mass is 221 g/mol. The molecule has 0 aromatic heterocycles. The van der Waals surface area contributed by atoms with Gasteiger partial charge in [0, 0.05) is 6.54 Å². The van der Waals surface area contributed by atoms with E-state index < -0.39 is 11.2 Å². The molecule has 0 aliphatic carbocycles. The van der Waals surface area contributed by atoms with Gasteiger partial charge in [-0.05, 0) is 38.3 Å². The molecule has 0 bridgehead atoms. The molecule has 1 heterocycles. The smallest absolute Gasteiger partial charge is 0.164 e. The van der Waals surface area contributed by atoms with E-state index in [2.05, 4.69) is 10.0 Å². The van der Waals surface area contributed by atoms with Crippen molar-refractivity contribution in [1.29, 1.82) is 0 Å². The van der Waals surface area contributed by atoms with Crippen LogP contribution in [0.25, 0.3) is 0 Å². The van der Waals surface area contributed by atoms with Gasteiger partial charge in [0.2, 0.25) is 0 Å². The highest BCUT2D eigenvalue weighted by molar-refractivity contribution is 7.80. The summed E-state index contributed by atoms with van der Waals surface area (Å²) in [4.78, 5) is 0. The number of nitrogens with two attached hydrogens (primary N) is 1. The zero-order chi connectivity index (χ0) is 10.8. The van der Waals surface area contributed by atoms with E-state index >= 15 is 0 Å². The molecule has 1 unspecified atom stereocenters. The first kappa shape index (κ1) is 14.0. The van der Waals surface area contributed by atoms with Crippen LogP contribution in [0.1, 0.15) is 33.1 Å². The Balaban J connectivity index is 0.000000791. The number of hydrogen-bond donors (Lipinski definition) is 3. The van der Waals surface area contributed by atoms with Crippen LogP contribution in [0.5, 0.6) is 0 Å². The van der Waals surface area contributed by atoms with Gasteiger partial charge in [-0.1, -0.05) is 13.8 Å². The lowest BCUT2D eigenvalue weighted by Gasteiger charge is -2.22. The Bertz CT molecular complexity index is 149. The summed E-state index contributed by atoms with van der Waals surface area (Å²) in [5, 5.41) is 8.37. The quantitative estimate of drug-likeness (QED) is 0.648. The number of nitrogens with one attached hydrogen (secondary N) is 2. The molecule has 4 N–H and O–H groups in total. The lowest BCUT2D eigenvalue weighted by atomic mass is 9.95. The van der Waals surface area contributed by atoms with Crippen LogP contribution in [0.3, 0.4) is 0 Å². The van der Waals surface area contributed by atoms with Gasteiger partial charge in [0.15, 0.2) is 11.2 Å². The van der Waals surface area contributed by atoms with Crippen molar-refractivity contribution in [2.45, 2.75) is 33.1 Å². The van der Waals surface area contributed by atoms with Gasteiger partial charge < -0.3 is 5.32 Å². The van der Waals surface area contributed by atoms with Gasteiger partial charge >= 0.3 is 0 Å². The molecular formula is C9H23N3OS. The average Bonchev–Trinajstić information content (AvgIpc) is 2.22. The topological polar surface area (TPSA) is 67.2 Å². The van der Waals surface area contributed by atoms with Crippen LogP contribution in [0, 0.1) is 5.92 Å². The minimum Gasteiger partial charge on any atom is -0.317 e. The maximum absolute atomic E-state index is 10.5. The molecule has 0 aromatic carbocycles. The summed E-state index contributed by atoms with van der Waals surface area (Å²) in [6.45, 7) is 7.01. The van der Waals surface area contributed by atoms with E-state index in [0.717, 1.165) is 32.0 Å². The van der Waals surface area contributed by atoms with Crippen molar-refractivity contribution >= 4 is 11.2 Å². The molecule has 1 rings (SSSR count). The van der Waals surface area contributed by atoms with Crippen molar-refractivity contribution in [1.82, 2.24) is 10.0 Å². The Labute approximate surface area is 89.7 Å². The highest BCUT2D eigenvalue weighted by Crippen LogP contribution is 2.14. The molecule has 14 heavy (non-hydrogen) atoms. The lowest BCUT2D eigenvalue weighted by molar-refractivity contribution is 0.355. The van der Waals surface area contributed by atoms with Crippen molar-refractivity contribution in [3.8, 4) is 0 Å². The standard InChI is InChI=1S/C7H17N3OS.C2H6/c8-12(11)10-6-3-7-1-4-9-5-2-7;1-2/h7,9-10H,1-6,8H2;1-2H3.